The molecule has 1 heterocycles. The highest BCUT2D eigenvalue weighted by atomic mass is 14.8. The van der Waals surface area contributed by atoms with Crippen LogP contribution in [0.2, 0.25) is 0 Å². The number of allylic oxidation sites excluding steroid dienone is 5. The van der Waals surface area contributed by atoms with Gasteiger partial charge in [-0.05, 0) is 44.5 Å². The van der Waals surface area contributed by atoms with Crippen molar-refractivity contribution in [2.45, 2.75) is 0 Å². The molecule has 0 bridgehead atoms. The zero-order valence-corrected chi connectivity index (χ0v) is 14.8. The molecule has 128 valence electrons. The lowest BCUT2D eigenvalue weighted by atomic mass is 9.95. The second-order valence-electron chi connectivity index (χ2n) is 6.22. The molecule has 2 heteroatoms. The molecule has 2 nitrogen and oxygen atoms in total. The summed E-state index contributed by atoms with van der Waals surface area (Å²) in [4.78, 5) is 0. The van der Waals surface area contributed by atoms with E-state index in [1.165, 1.54) is 32.3 Å². The number of fused-ring (bicyclic) bond motifs is 6. The molecule has 0 fully saturated rings. The average molecular weight is 346 g/mol. The summed E-state index contributed by atoms with van der Waals surface area (Å²) in [7, 11) is 0. The van der Waals surface area contributed by atoms with Crippen molar-refractivity contribution in [2.75, 3.05) is 0 Å². The van der Waals surface area contributed by atoms with E-state index in [1.54, 1.807) is 12.3 Å². The molecular formula is C25H18N2. The number of benzene rings is 4. The monoisotopic (exact) mass is 346 g/mol. The molecule has 1 N–H and O–H groups in total. The number of nitrogens with zero attached hydrogens (tertiary/aromatic N) is 1. The van der Waals surface area contributed by atoms with Gasteiger partial charge in [0.25, 0.3) is 0 Å². The van der Waals surface area contributed by atoms with Gasteiger partial charge in [-0.3, -0.25) is 0 Å². The third-order valence-corrected chi connectivity index (χ3v) is 4.59. The van der Waals surface area contributed by atoms with Crippen molar-refractivity contribution in [2.24, 2.45) is 0 Å². The van der Waals surface area contributed by atoms with E-state index < -0.39 is 0 Å². The summed E-state index contributed by atoms with van der Waals surface area (Å²) in [6, 6.07) is 28.0. The van der Waals surface area contributed by atoms with Crippen LogP contribution in [0.5, 0.6) is 0 Å². The Morgan fingerprint density at radius 2 is 0.963 bits per heavy atom. The van der Waals surface area contributed by atoms with Gasteiger partial charge in [-0.1, -0.05) is 84.9 Å². The summed E-state index contributed by atoms with van der Waals surface area (Å²) in [5.74, 6) is 0. The van der Waals surface area contributed by atoms with Crippen molar-refractivity contribution in [3.05, 3.63) is 109 Å². The maximum atomic E-state index is 8.37. The highest BCUT2D eigenvalue weighted by Gasteiger charge is 2.06. The summed E-state index contributed by atoms with van der Waals surface area (Å²) < 4.78 is 0. The minimum absolute atomic E-state index is 0.569. The fourth-order valence-corrected chi connectivity index (χ4v) is 3.39. The molecule has 0 atom stereocenters. The van der Waals surface area contributed by atoms with Gasteiger partial charge >= 0.3 is 0 Å². The largest absolute Gasteiger partial charge is 0.353 e. The van der Waals surface area contributed by atoms with Crippen LogP contribution in [0.15, 0.2) is 109 Å². The molecule has 1 aliphatic rings. The first-order chi connectivity index (χ1) is 13.4. The van der Waals surface area contributed by atoms with Crippen LogP contribution in [0.1, 0.15) is 0 Å². The van der Waals surface area contributed by atoms with Gasteiger partial charge < -0.3 is 5.32 Å². The maximum Gasteiger partial charge on any atom is 0.117 e. The van der Waals surface area contributed by atoms with Crippen molar-refractivity contribution < 1.29 is 0 Å². The Morgan fingerprint density at radius 3 is 1.33 bits per heavy atom. The first kappa shape index (κ1) is 16.6. The minimum atomic E-state index is 0.569. The van der Waals surface area contributed by atoms with Crippen LogP contribution in [-0.2, 0) is 0 Å². The third kappa shape index (κ3) is 3.31. The molecule has 27 heavy (non-hydrogen) atoms. The van der Waals surface area contributed by atoms with Crippen molar-refractivity contribution in [3.8, 4) is 6.07 Å². The number of hydrogen-bond acceptors (Lipinski definition) is 2. The predicted molar refractivity (Wildman–Crippen MR) is 114 cm³/mol. The highest BCUT2D eigenvalue weighted by Crippen LogP contribution is 2.34. The van der Waals surface area contributed by atoms with Crippen LogP contribution >= 0.6 is 0 Å². The lowest BCUT2D eigenvalue weighted by Gasteiger charge is -2.09. The Bertz CT molecular complexity index is 1030. The predicted octanol–water partition coefficient (Wildman–Crippen LogP) is 6.21. The van der Waals surface area contributed by atoms with Gasteiger partial charge in [0.1, 0.15) is 11.8 Å². The summed E-state index contributed by atoms with van der Waals surface area (Å²) in [5, 5.41) is 19.2. The van der Waals surface area contributed by atoms with Gasteiger partial charge in [0.15, 0.2) is 0 Å². The molecule has 1 aliphatic heterocycles. The van der Waals surface area contributed by atoms with E-state index in [0.717, 1.165) is 0 Å². The van der Waals surface area contributed by atoms with Gasteiger partial charge in [-0.2, -0.15) is 5.26 Å². The van der Waals surface area contributed by atoms with Crippen molar-refractivity contribution in [1.29, 1.82) is 5.26 Å². The van der Waals surface area contributed by atoms with Crippen molar-refractivity contribution in [1.82, 2.24) is 5.32 Å². The lowest BCUT2D eigenvalue weighted by molar-refractivity contribution is 1.12. The second-order valence-corrected chi connectivity index (χ2v) is 6.22. The van der Waals surface area contributed by atoms with Gasteiger partial charge in [0, 0.05) is 6.20 Å². The molecule has 0 saturated carbocycles. The van der Waals surface area contributed by atoms with Crippen LogP contribution in [0, 0.1) is 11.3 Å². The van der Waals surface area contributed by atoms with Crippen LogP contribution < -0.4 is 5.32 Å². The normalized spacial score (nSPS) is 12.6. The van der Waals surface area contributed by atoms with Crippen LogP contribution in [0.25, 0.3) is 32.3 Å². The Kier molecular flexibility index (Phi) is 4.68. The molecule has 4 aromatic carbocycles. The molecule has 0 spiro atoms. The summed E-state index contributed by atoms with van der Waals surface area (Å²) in [6.45, 7) is 0. The van der Waals surface area contributed by atoms with E-state index in [-0.39, 0.29) is 0 Å². The van der Waals surface area contributed by atoms with E-state index in [4.69, 9.17) is 5.26 Å². The number of nitriles is 1. The molecule has 0 amide bonds. The molecule has 0 aliphatic carbocycles. The minimum Gasteiger partial charge on any atom is -0.353 e. The Hall–Kier alpha value is -3.83. The number of rotatable bonds is 0. The first-order valence-corrected chi connectivity index (χ1v) is 8.87. The molecular weight excluding hydrogens is 328 g/mol. The quantitative estimate of drug-likeness (QED) is 0.384. The van der Waals surface area contributed by atoms with E-state index >= 15 is 0 Å². The molecule has 0 aromatic heterocycles. The maximum absolute atomic E-state index is 8.37. The molecule has 0 saturated heterocycles. The molecule has 0 unspecified atom stereocenters. The molecule has 0 radical (unpaired) electrons. The van der Waals surface area contributed by atoms with E-state index in [9.17, 15) is 0 Å². The number of nitrogens with one attached hydrogen (secondary N) is 1. The fraction of sp³-hybridized carbons (Fsp3) is 0. The van der Waals surface area contributed by atoms with E-state index in [0.29, 0.717) is 5.70 Å². The van der Waals surface area contributed by atoms with E-state index in [2.05, 4.69) is 78.1 Å². The second kappa shape index (κ2) is 7.59. The smallest absolute Gasteiger partial charge is 0.117 e. The highest BCUT2D eigenvalue weighted by molar-refractivity contribution is 6.25. The van der Waals surface area contributed by atoms with Crippen molar-refractivity contribution >= 4 is 32.3 Å². The van der Waals surface area contributed by atoms with Gasteiger partial charge in [-0.25, -0.2) is 0 Å². The summed E-state index contributed by atoms with van der Waals surface area (Å²) in [5.41, 5.74) is 0.569. The first-order valence-electron chi connectivity index (χ1n) is 8.87. The number of hydrogen-bond donors (Lipinski definition) is 1. The van der Waals surface area contributed by atoms with Gasteiger partial charge in [0.05, 0.1) is 0 Å². The third-order valence-electron chi connectivity index (χ3n) is 4.59. The average Bonchev–Trinajstić information content (AvgIpc) is 3.03. The van der Waals surface area contributed by atoms with Crippen LogP contribution in [-0.4, -0.2) is 0 Å². The van der Waals surface area contributed by atoms with Crippen molar-refractivity contribution in [3.63, 3.8) is 0 Å². The lowest BCUT2D eigenvalue weighted by Crippen LogP contribution is -2.00. The van der Waals surface area contributed by atoms with Crippen LogP contribution in [0.3, 0.4) is 0 Å². The zero-order valence-electron chi connectivity index (χ0n) is 14.8. The summed E-state index contributed by atoms with van der Waals surface area (Å²) in [6.07, 6.45) is 8.95. The Balaban J connectivity index is 0.000000170. The zero-order chi connectivity index (χ0) is 18.5. The van der Waals surface area contributed by atoms with Gasteiger partial charge in [0.2, 0.25) is 0 Å². The SMILES string of the molecule is N#CC1=CC=CC=CN1.c1ccc2c(c1)c1ccccc1c1ccccc21. The van der Waals surface area contributed by atoms with E-state index in [1.807, 2.05) is 24.3 Å². The summed E-state index contributed by atoms with van der Waals surface area (Å²) >= 11 is 0. The fourth-order valence-electron chi connectivity index (χ4n) is 3.39. The topological polar surface area (TPSA) is 35.8 Å². The van der Waals surface area contributed by atoms with Gasteiger partial charge in [-0.15, -0.1) is 0 Å². The Labute approximate surface area is 158 Å². The Morgan fingerprint density at radius 1 is 0.556 bits per heavy atom. The molecule has 5 rings (SSSR count). The standard InChI is InChI=1S/C18H12.C7H6N2/c1-2-8-14-13(7-1)15-9-3-4-11-17(15)18-12-6-5-10-16(14)18;8-6-7-4-2-1-3-5-9-7/h1-12H;1-5,9H. The molecule has 4 aromatic rings. The van der Waals surface area contributed by atoms with Crippen LogP contribution in [0.4, 0.5) is 0 Å².